The molecule has 3 rings (SSSR count). The van der Waals surface area contributed by atoms with E-state index < -0.39 is 0 Å². The van der Waals surface area contributed by atoms with Gasteiger partial charge in [-0.05, 0) is 17.7 Å². The fourth-order valence-electron chi connectivity index (χ4n) is 1.87. The van der Waals surface area contributed by atoms with Gasteiger partial charge in [0.1, 0.15) is 0 Å². The van der Waals surface area contributed by atoms with Crippen LogP contribution in [0.4, 0.5) is 0 Å². The molecule has 16 heavy (non-hydrogen) atoms. The van der Waals surface area contributed by atoms with Crippen LogP contribution in [-0.4, -0.2) is 36.2 Å². The summed E-state index contributed by atoms with van der Waals surface area (Å²) in [5.41, 5.74) is 5.10. The number of hydrogen-bond acceptors (Lipinski definition) is 4. The van der Waals surface area contributed by atoms with Gasteiger partial charge in [-0.1, -0.05) is 23.7 Å². The van der Waals surface area contributed by atoms with Crippen molar-refractivity contribution in [2.45, 2.75) is 0 Å². The Balaban J connectivity index is 1.86. The molecule has 2 heterocycles. The molecule has 2 aliphatic heterocycles. The molecule has 0 fully saturated rings. The van der Waals surface area contributed by atoms with Crippen LogP contribution in [0.2, 0.25) is 5.02 Å². The topological polar surface area (TPSA) is 40.0 Å². The van der Waals surface area contributed by atoms with E-state index >= 15 is 0 Å². The Morgan fingerprint density at radius 1 is 1.25 bits per heavy atom. The second-order valence-corrected chi connectivity index (χ2v) is 4.24. The summed E-state index contributed by atoms with van der Waals surface area (Å²) in [6.45, 7) is 2.63. The fourth-order valence-corrected chi connectivity index (χ4v) is 2.00. The highest BCUT2D eigenvalue weighted by atomic mass is 35.5. The van der Waals surface area contributed by atoms with Gasteiger partial charge >= 0.3 is 0 Å². The first-order chi connectivity index (χ1) is 7.83. The molecular weight excluding hydrogens is 224 g/mol. The highest BCUT2D eigenvalue weighted by molar-refractivity contribution is 6.30. The molecule has 0 radical (unpaired) electrons. The Morgan fingerprint density at radius 3 is 2.88 bits per heavy atom. The van der Waals surface area contributed by atoms with Crippen molar-refractivity contribution in [3.63, 3.8) is 0 Å². The van der Waals surface area contributed by atoms with Crippen LogP contribution in [0, 0.1) is 0 Å². The molecule has 1 aromatic rings. The van der Waals surface area contributed by atoms with Gasteiger partial charge in [0.2, 0.25) is 5.96 Å². The molecule has 0 atom stereocenters. The van der Waals surface area contributed by atoms with Gasteiger partial charge in [0.15, 0.2) is 0 Å². The molecular formula is C11H11ClN4. The molecule has 1 aromatic carbocycles. The lowest BCUT2D eigenvalue weighted by atomic mass is 10.1. The van der Waals surface area contributed by atoms with E-state index in [0.717, 1.165) is 41.9 Å². The van der Waals surface area contributed by atoms with E-state index in [1.165, 1.54) is 0 Å². The molecule has 5 heteroatoms. The Hall–Kier alpha value is -1.55. The number of guanidine groups is 1. The normalized spacial score (nSPS) is 18.7. The average molecular weight is 235 g/mol. The minimum Gasteiger partial charge on any atom is -0.334 e. The Kier molecular flexibility index (Phi) is 2.29. The zero-order valence-electron chi connectivity index (χ0n) is 8.65. The number of rotatable bonds is 1. The molecule has 0 saturated carbocycles. The van der Waals surface area contributed by atoms with E-state index in [4.69, 9.17) is 11.6 Å². The quantitative estimate of drug-likeness (QED) is 0.796. The molecule has 1 N–H and O–H groups in total. The van der Waals surface area contributed by atoms with Gasteiger partial charge < -0.3 is 4.90 Å². The number of nitrogens with zero attached hydrogens (tertiary/aromatic N) is 3. The monoisotopic (exact) mass is 234 g/mol. The van der Waals surface area contributed by atoms with Crippen molar-refractivity contribution >= 4 is 23.3 Å². The van der Waals surface area contributed by atoms with Crippen molar-refractivity contribution in [2.24, 2.45) is 10.1 Å². The van der Waals surface area contributed by atoms with Gasteiger partial charge in [-0.15, -0.1) is 0 Å². The summed E-state index contributed by atoms with van der Waals surface area (Å²) in [6.07, 6.45) is 0. The SMILES string of the molecule is Clc1ccc(C2=NNC3=NCCN3C2)cc1. The standard InChI is InChI=1S/C11H11ClN4/c12-9-3-1-8(2-4-9)10-7-16-6-5-13-11(16)15-14-10/h1-4H,5-7H2,(H,13,15). The highest BCUT2D eigenvalue weighted by Crippen LogP contribution is 2.13. The second-order valence-electron chi connectivity index (χ2n) is 3.80. The maximum atomic E-state index is 5.85. The summed E-state index contributed by atoms with van der Waals surface area (Å²) in [5, 5.41) is 5.07. The summed E-state index contributed by atoms with van der Waals surface area (Å²) in [6, 6.07) is 7.74. The van der Waals surface area contributed by atoms with Gasteiger partial charge in [0.05, 0.1) is 18.8 Å². The van der Waals surface area contributed by atoms with E-state index in [1.54, 1.807) is 0 Å². The predicted octanol–water partition coefficient (Wildman–Crippen LogP) is 1.32. The van der Waals surface area contributed by atoms with Crippen LogP contribution in [0.25, 0.3) is 0 Å². The largest absolute Gasteiger partial charge is 0.334 e. The van der Waals surface area contributed by atoms with Crippen molar-refractivity contribution in [1.82, 2.24) is 10.3 Å². The van der Waals surface area contributed by atoms with Gasteiger partial charge in [-0.3, -0.25) is 0 Å². The van der Waals surface area contributed by atoms with Crippen molar-refractivity contribution in [3.8, 4) is 0 Å². The van der Waals surface area contributed by atoms with Crippen LogP contribution in [0.3, 0.4) is 0 Å². The molecule has 0 amide bonds. The average Bonchev–Trinajstić information content (AvgIpc) is 2.77. The summed E-state index contributed by atoms with van der Waals surface area (Å²) < 4.78 is 0. The first kappa shape index (κ1) is 9.66. The van der Waals surface area contributed by atoms with Gasteiger partial charge in [-0.2, -0.15) is 5.10 Å². The molecule has 82 valence electrons. The third kappa shape index (κ3) is 1.65. The van der Waals surface area contributed by atoms with Gasteiger partial charge in [0.25, 0.3) is 0 Å². The number of aliphatic imine (C=N–C) groups is 1. The van der Waals surface area contributed by atoms with Crippen LogP contribution >= 0.6 is 11.6 Å². The minimum absolute atomic E-state index is 0.747. The van der Waals surface area contributed by atoms with Crippen molar-refractivity contribution in [3.05, 3.63) is 34.9 Å². The molecule has 0 saturated heterocycles. The minimum atomic E-state index is 0.747. The number of fused-ring (bicyclic) bond motifs is 1. The van der Waals surface area contributed by atoms with Crippen molar-refractivity contribution in [2.75, 3.05) is 19.6 Å². The van der Waals surface area contributed by atoms with E-state index in [9.17, 15) is 0 Å². The van der Waals surface area contributed by atoms with E-state index in [0.29, 0.717) is 0 Å². The second kappa shape index (κ2) is 3.79. The molecule has 4 nitrogen and oxygen atoms in total. The highest BCUT2D eigenvalue weighted by Gasteiger charge is 2.22. The Labute approximate surface area is 98.6 Å². The zero-order chi connectivity index (χ0) is 11.0. The number of halogens is 1. The van der Waals surface area contributed by atoms with Crippen molar-refractivity contribution < 1.29 is 0 Å². The van der Waals surface area contributed by atoms with E-state index in [2.05, 4.69) is 20.4 Å². The van der Waals surface area contributed by atoms with Crippen LogP contribution in [0.15, 0.2) is 34.4 Å². The Morgan fingerprint density at radius 2 is 2.06 bits per heavy atom. The first-order valence-electron chi connectivity index (χ1n) is 5.21. The third-order valence-electron chi connectivity index (χ3n) is 2.74. The number of hydrazone groups is 1. The predicted molar refractivity (Wildman–Crippen MR) is 65.0 cm³/mol. The molecule has 0 aromatic heterocycles. The fraction of sp³-hybridized carbons (Fsp3) is 0.273. The lowest BCUT2D eigenvalue weighted by molar-refractivity contribution is 0.490. The summed E-state index contributed by atoms with van der Waals surface area (Å²) in [5.74, 6) is 0.887. The Bertz CT molecular complexity index is 463. The smallest absolute Gasteiger partial charge is 0.215 e. The van der Waals surface area contributed by atoms with Crippen molar-refractivity contribution in [1.29, 1.82) is 0 Å². The summed E-state index contributed by atoms with van der Waals surface area (Å²) >= 11 is 5.85. The van der Waals surface area contributed by atoms with Crippen LogP contribution in [0.5, 0.6) is 0 Å². The van der Waals surface area contributed by atoms with Gasteiger partial charge in [-0.25, -0.2) is 10.4 Å². The van der Waals surface area contributed by atoms with E-state index in [1.807, 2.05) is 24.3 Å². The lowest BCUT2D eigenvalue weighted by Gasteiger charge is -2.25. The number of benzene rings is 1. The lowest BCUT2D eigenvalue weighted by Crippen LogP contribution is -2.44. The van der Waals surface area contributed by atoms with Crippen LogP contribution < -0.4 is 5.43 Å². The molecule has 0 aliphatic carbocycles. The molecule has 0 spiro atoms. The summed E-state index contributed by atoms with van der Waals surface area (Å²) in [7, 11) is 0. The van der Waals surface area contributed by atoms with E-state index in [-0.39, 0.29) is 0 Å². The van der Waals surface area contributed by atoms with Crippen LogP contribution in [-0.2, 0) is 0 Å². The third-order valence-corrected chi connectivity index (χ3v) is 2.99. The summed E-state index contributed by atoms with van der Waals surface area (Å²) in [4.78, 5) is 6.49. The zero-order valence-corrected chi connectivity index (χ0v) is 9.41. The maximum absolute atomic E-state index is 5.85. The number of hydrogen-bond donors (Lipinski definition) is 1. The molecule has 0 unspecified atom stereocenters. The first-order valence-corrected chi connectivity index (χ1v) is 5.58. The molecule has 2 aliphatic rings. The maximum Gasteiger partial charge on any atom is 0.215 e. The van der Waals surface area contributed by atoms with Crippen LogP contribution in [0.1, 0.15) is 5.56 Å². The molecule has 0 bridgehead atoms. The number of nitrogens with one attached hydrogen (secondary N) is 1. The van der Waals surface area contributed by atoms with Gasteiger partial charge in [0, 0.05) is 11.6 Å².